The molecule has 1 saturated heterocycles. The maximum atomic E-state index is 12.0. The van der Waals surface area contributed by atoms with Crippen molar-refractivity contribution in [1.82, 2.24) is 15.0 Å². The molecule has 1 aliphatic rings. The van der Waals surface area contributed by atoms with Crippen LogP contribution in [0.25, 0.3) is 11.0 Å². The molecule has 1 amide bonds. The summed E-state index contributed by atoms with van der Waals surface area (Å²) in [5, 5.41) is 0.913. The second-order valence-corrected chi connectivity index (χ2v) is 5.42. The molecular weight excluding hydrogens is 343 g/mol. The van der Waals surface area contributed by atoms with Gasteiger partial charge in [-0.1, -0.05) is 6.08 Å². The van der Waals surface area contributed by atoms with Gasteiger partial charge < -0.3 is 4.98 Å². The van der Waals surface area contributed by atoms with Gasteiger partial charge in [-0.25, -0.2) is 9.97 Å². The Labute approximate surface area is 117 Å². The molecule has 0 aromatic carbocycles. The zero-order valence-corrected chi connectivity index (χ0v) is 11.7. The molecule has 0 radical (unpaired) electrons. The molecule has 6 heteroatoms. The average Bonchev–Trinajstić information content (AvgIpc) is 2.93. The number of aromatic nitrogens is 3. The lowest BCUT2D eigenvalue weighted by atomic mass is 10.1. The number of carbonyl (C=O) groups excluding carboxylic acids is 1. The number of H-pyrrole nitrogens is 1. The van der Waals surface area contributed by atoms with Crippen molar-refractivity contribution in [3.05, 3.63) is 28.7 Å². The molecule has 92 valence electrons. The lowest BCUT2D eigenvalue weighted by molar-refractivity contribution is -0.117. The molecule has 1 unspecified atom stereocenters. The summed E-state index contributed by atoms with van der Waals surface area (Å²) in [7, 11) is 0. The van der Waals surface area contributed by atoms with Crippen molar-refractivity contribution in [1.29, 1.82) is 0 Å². The van der Waals surface area contributed by atoms with E-state index in [2.05, 4.69) is 44.1 Å². The number of rotatable bonds is 2. The third kappa shape index (κ3) is 1.71. The number of aromatic amines is 1. The number of amides is 1. The summed E-state index contributed by atoms with van der Waals surface area (Å²) in [4.78, 5) is 25.3. The molecule has 2 aromatic rings. The van der Waals surface area contributed by atoms with Gasteiger partial charge in [0.2, 0.25) is 5.91 Å². The van der Waals surface area contributed by atoms with Gasteiger partial charge in [-0.05, 0) is 22.6 Å². The summed E-state index contributed by atoms with van der Waals surface area (Å²) in [5.74, 6) is 0.996. The van der Waals surface area contributed by atoms with E-state index in [1.54, 1.807) is 4.90 Å². The summed E-state index contributed by atoms with van der Waals surface area (Å²) in [6.07, 6.45) is 5.70. The summed E-state index contributed by atoms with van der Waals surface area (Å²) in [6.45, 7) is 4.40. The van der Waals surface area contributed by atoms with E-state index in [1.807, 2.05) is 12.3 Å². The molecule has 1 aliphatic heterocycles. The van der Waals surface area contributed by atoms with Crippen molar-refractivity contribution in [2.45, 2.75) is 6.42 Å². The van der Waals surface area contributed by atoms with Crippen LogP contribution in [-0.2, 0) is 4.79 Å². The fraction of sp³-hybridized carbons (Fsp3) is 0.250. The first-order valence-corrected chi connectivity index (χ1v) is 6.69. The van der Waals surface area contributed by atoms with E-state index in [4.69, 9.17) is 0 Å². The van der Waals surface area contributed by atoms with Crippen LogP contribution in [-0.4, -0.2) is 27.4 Å². The molecule has 18 heavy (non-hydrogen) atoms. The molecule has 1 atom stereocenters. The number of hydrogen-bond donors (Lipinski definition) is 1. The van der Waals surface area contributed by atoms with Gasteiger partial charge in [0, 0.05) is 28.7 Å². The molecule has 5 nitrogen and oxygen atoms in total. The Hall–Kier alpha value is -1.44. The molecule has 3 heterocycles. The Morgan fingerprint density at radius 2 is 2.39 bits per heavy atom. The summed E-state index contributed by atoms with van der Waals surface area (Å²) in [6, 6.07) is 0. The number of halogens is 1. The monoisotopic (exact) mass is 354 g/mol. The van der Waals surface area contributed by atoms with Crippen LogP contribution in [0.5, 0.6) is 0 Å². The molecule has 3 rings (SSSR count). The molecular formula is C12H11IN4O. The lowest BCUT2D eigenvalue weighted by Crippen LogP contribution is -2.25. The second-order valence-electron chi connectivity index (χ2n) is 4.26. The predicted molar refractivity (Wildman–Crippen MR) is 77.3 cm³/mol. The standard InChI is InChI=1S/C12H11IN4O/c1-2-7-3-9(18)17(5-7)12-10-8(13)4-14-11(10)15-6-16-12/h2,4,6-7H,1,3,5H2,(H,14,15,16). The molecule has 2 aromatic heterocycles. The van der Waals surface area contributed by atoms with Gasteiger partial charge in [-0.3, -0.25) is 9.69 Å². The highest BCUT2D eigenvalue weighted by Crippen LogP contribution is 2.31. The Bertz CT molecular complexity index is 636. The highest BCUT2D eigenvalue weighted by atomic mass is 127. The molecule has 0 bridgehead atoms. The van der Waals surface area contributed by atoms with Gasteiger partial charge >= 0.3 is 0 Å². The minimum Gasteiger partial charge on any atom is -0.345 e. The Kier molecular flexibility index (Phi) is 2.81. The van der Waals surface area contributed by atoms with E-state index < -0.39 is 0 Å². The first-order chi connectivity index (χ1) is 8.70. The van der Waals surface area contributed by atoms with Gasteiger partial charge in [0.1, 0.15) is 17.8 Å². The minimum absolute atomic E-state index is 0.0944. The van der Waals surface area contributed by atoms with Crippen LogP contribution in [0.4, 0.5) is 5.82 Å². The van der Waals surface area contributed by atoms with Crippen LogP contribution in [0.2, 0.25) is 0 Å². The van der Waals surface area contributed by atoms with E-state index in [-0.39, 0.29) is 11.8 Å². The predicted octanol–water partition coefficient (Wildman–Crippen LogP) is 2.10. The van der Waals surface area contributed by atoms with Crippen molar-refractivity contribution in [2.24, 2.45) is 5.92 Å². The largest absolute Gasteiger partial charge is 0.345 e. The molecule has 1 fully saturated rings. The fourth-order valence-corrected chi connectivity index (χ4v) is 2.86. The molecule has 0 aliphatic carbocycles. The average molecular weight is 354 g/mol. The molecule has 0 spiro atoms. The zero-order valence-electron chi connectivity index (χ0n) is 9.56. The van der Waals surface area contributed by atoms with Crippen molar-refractivity contribution in [3.63, 3.8) is 0 Å². The number of fused-ring (bicyclic) bond motifs is 1. The first-order valence-electron chi connectivity index (χ1n) is 5.61. The number of nitrogens with one attached hydrogen (secondary N) is 1. The number of nitrogens with zero attached hydrogens (tertiary/aromatic N) is 3. The van der Waals surface area contributed by atoms with Crippen LogP contribution in [0, 0.1) is 9.49 Å². The van der Waals surface area contributed by atoms with Gasteiger partial charge in [0.15, 0.2) is 0 Å². The minimum atomic E-state index is 0.0944. The van der Waals surface area contributed by atoms with Crippen molar-refractivity contribution >= 4 is 45.3 Å². The van der Waals surface area contributed by atoms with Gasteiger partial charge in [-0.15, -0.1) is 6.58 Å². The lowest BCUT2D eigenvalue weighted by Gasteiger charge is -2.15. The normalized spacial score (nSPS) is 19.7. The fourth-order valence-electron chi connectivity index (χ4n) is 2.21. The highest BCUT2D eigenvalue weighted by molar-refractivity contribution is 14.1. The number of carbonyl (C=O) groups is 1. The summed E-state index contributed by atoms with van der Waals surface area (Å²) < 4.78 is 1.02. The number of anilines is 1. The van der Waals surface area contributed by atoms with Gasteiger partial charge in [0.05, 0.1) is 5.39 Å². The van der Waals surface area contributed by atoms with E-state index in [9.17, 15) is 4.79 Å². The highest BCUT2D eigenvalue weighted by Gasteiger charge is 2.31. The van der Waals surface area contributed by atoms with E-state index in [1.165, 1.54) is 6.33 Å². The first kappa shape index (κ1) is 11.6. The van der Waals surface area contributed by atoms with Gasteiger partial charge in [0.25, 0.3) is 0 Å². The van der Waals surface area contributed by atoms with Crippen LogP contribution in [0.15, 0.2) is 25.2 Å². The Balaban J connectivity index is 2.12. The van der Waals surface area contributed by atoms with Crippen molar-refractivity contribution in [3.8, 4) is 0 Å². The van der Waals surface area contributed by atoms with Crippen molar-refractivity contribution < 1.29 is 4.79 Å². The van der Waals surface area contributed by atoms with E-state index in [0.29, 0.717) is 18.8 Å². The topological polar surface area (TPSA) is 61.9 Å². The van der Waals surface area contributed by atoms with Crippen LogP contribution < -0.4 is 4.90 Å². The molecule has 0 saturated carbocycles. The Morgan fingerprint density at radius 3 is 3.11 bits per heavy atom. The molecule has 1 N–H and O–H groups in total. The maximum absolute atomic E-state index is 12.0. The third-order valence-electron chi connectivity index (χ3n) is 3.15. The quantitative estimate of drug-likeness (QED) is 0.664. The number of hydrogen-bond acceptors (Lipinski definition) is 3. The Morgan fingerprint density at radius 1 is 1.56 bits per heavy atom. The second kappa shape index (κ2) is 4.34. The summed E-state index contributed by atoms with van der Waals surface area (Å²) in [5.41, 5.74) is 0.763. The summed E-state index contributed by atoms with van der Waals surface area (Å²) >= 11 is 2.22. The zero-order chi connectivity index (χ0) is 12.7. The third-order valence-corrected chi connectivity index (χ3v) is 4.00. The van der Waals surface area contributed by atoms with Crippen LogP contribution in [0.1, 0.15) is 6.42 Å². The van der Waals surface area contributed by atoms with Crippen LogP contribution in [0.3, 0.4) is 0 Å². The SMILES string of the molecule is C=CC1CC(=O)N(c2ncnc3[nH]cc(I)c23)C1. The smallest absolute Gasteiger partial charge is 0.228 e. The van der Waals surface area contributed by atoms with Gasteiger partial charge in [-0.2, -0.15) is 0 Å². The van der Waals surface area contributed by atoms with E-state index >= 15 is 0 Å². The van der Waals surface area contributed by atoms with Crippen molar-refractivity contribution in [2.75, 3.05) is 11.4 Å². The maximum Gasteiger partial charge on any atom is 0.228 e. The van der Waals surface area contributed by atoms with E-state index in [0.717, 1.165) is 14.6 Å². The van der Waals surface area contributed by atoms with Crippen LogP contribution >= 0.6 is 22.6 Å².